The fraction of sp³-hybridized carbons (Fsp3) is 0.0250. The molecule has 8 aromatic rings. The summed E-state index contributed by atoms with van der Waals surface area (Å²) in [7, 11) is 0. The van der Waals surface area contributed by atoms with Crippen LogP contribution in [0.1, 0.15) is 22.9 Å². The first-order valence-corrected chi connectivity index (χ1v) is 15.1. The van der Waals surface area contributed by atoms with Gasteiger partial charge in [0.1, 0.15) is 23.2 Å². The molecule has 0 radical (unpaired) electrons. The van der Waals surface area contributed by atoms with Gasteiger partial charge in [-0.3, -0.25) is 0 Å². The van der Waals surface area contributed by atoms with E-state index in [1.807, 2.05) is 60.7 Å². The minimum Gasteiger partial charge on any atom is -0.455 e. The summed E-state index contributed by atoms with van der Waals surface area (Å²) >= 11 is 0. The average Bonchev–Trinajstić information content (AvgIpc) is 3.51. The standard InChI is InChI=1S/C40H26N4O/c1-4-13-25(14-5-1)36-29-23-24-30-34-31(20-12-22-33(34)45-37(30)35(29)28-19-10-11-21-32(28)41-36)40-43-38(26-15-6-2-7-16-26)42-39(44-40)27-17-8-3-9-18-27/h1-24,40H,(H,42,43,44). The van der Waals surface area contributed by atoms with Crippen LogP contribution < -0.4 is 5.32 Å². The van der Waals surface area contributed by atoms with Crippen LogP contribution in [0.25, 0.3) is 54.9 Å². The van der Waals surface area contributed by atoms with E-state index in [-0.39, 0.29) is 6.17 Å². The van der Waals surface area contributed by atoms with Crippen LogP contribution in [0.4, 0.5) is 0 Å². The Hall–Kier alpha value is -6.07. The average molecular weight is 579 g/mol. The molecule has 0 saturated heterocycles. The number of rotatable bonds is 4. The van der Waals surface area contributed by atoms with E-state index in [1.54, 1.807) is 0 Å². The molecule has 0 aliphatic carbocycles. The van der Waals surface area contributed by atoms with Crippen LogP contribution in [0.5, 0.6) is 0 Å². The molecule has 2 aromatic heterocycles. The smallest absolute Gasteiger partial charge is 0.159 e. The number of furan rings is 1. The first-order chi connectivity index (χ1) is 22.3. The first kappa shape index (κ1) is 25.4. The second-order valence-electron chi connectivity index (χ2n) is 11.2. The van der Waals surface area contributed by atoms with Gasteiger partial charge in [-0.05, 0) is 18.2 Å². The Bertz CT molecular complexity index is 2450. The van der Waals surface area contributed by atoms with E-state index in [0.717, 1.165) is 77.4 Å². The molecular weight excluding hydrogens is 552 g/mol. The number of hydrogen-bond donors (Lipinski definition) is 1. The van der Waals surface area contributed by atoms with Crippen LogP contribution in [0.2, 0.25) is 0 Å². The van der Waals surface area contributed by atoms with Crippen molar-refractivity contribution in [1.82, 2.24) is 10.3 Å². The lowest BCUT2D eigenvalue weighted by Gasteiger charge is -2.24. The molecule has 1 atom stereocenters. The van der Waals surface area contributed by atoms with Crippen molar-refractivity contribution >= 4 is 55.3 Å². The molecule has 3 heterocycles. The molecule has 0 fully saturated rings. The zero-order chi connectivity index (χ0) is 29.7. The lowest BCUT2D eigenvalue weighted by molar-refractivity contribution is 0.665. The topological polar surface area (TPSA) is 62.8 Å². The zero-order valence-electron chi connectivity index (χ0n) is 24.2. The molecule has 1 aliphatic heterocycles. The Morgan fingerprint density at radius 1 is 0.533 bits per heavy atom. The second-order valence-corrected chi connectivity index (χ2v) is 11.2. The molecule has 0 bridgehead atoms. The van der Waals surface area contributed by atoms with Crippen LogP contribution in [0, 0.1) is 0 Å². The molecule has 0 amide bonds. The third kappa shape index (κ3) is 4.20. The van der Waals surface area contributed by atoms with Crippen molar-refractivity contribution < 1.29 is 4.42 Å². The lowest BCUT2D eigenvalue weighted by atomic mass is 9.96. The maximum atomic E-state index is 6.78. The van der Waals surface area contributed by atoms with Gasteiger partial charge in [0.05, 0.1) is 11.2 Å². The van der Waals surface area contributed by atoms with Gasteiger partial charge in [0.15, 0.2) is 5.84 Å². The van der Waals surface area contributed by atoms with E-state index >= 15 is 0 Å². The van der Waals surface area contributed by atoms with Gasteiger partial charge in [0.2, 0.25) is 0 Å². The zero-order valence-corrected chi connectivity index (χ0v) is 24.2. The maximum Gasteiger partial charge on any atom is 0.159 e. The summed E-state index contributed by atoms with van der Waals surface area (Å²) in [6, 6.07) is 49.6. The molecule has 9 rings (SSSR count). The number of aromatic nitrogens is 1. The van der Waals surface area contributed by atoms with Crippen molar-refractivity contribution in [1.29, 1.82) is 0 Å². The van der Waals surface area contributed by atoms with Gasteiger partial charge >= 0.3 is 0 Å². The van der Waals surface area contributed by atoms with Crippen LogP contribution in [0.15, 0.2) is 160 Å². The number of nitrogens with one attached hydrogen (secondary N) is 1. The molecule has 212 valence electrons. The Morgan fingerprint density at radius 3 is 1.98 bits per heavy atom. The monoisotopic (exact) mass is 578 g/mol. The molecule has 5 heteroatoms. The summed E-state index contributed by atoms with van der Waals surface area (Å²) in [5.41, 5.74) is 7.64. The molecule has 1 N–H and O–H groups in total. The Labute approximate surface area is 259 Å². The minimum absolute atomic E-state index is 0.373. The molecule has 45 heavy (non-hydrogen) atoms. The van der Waals surface area contributed by atoms with Crippen molar-refractivity contribution in [2.75, 3.05) is 0 Å². The van der Waals surface area contributed by atoms with Crippen molar-refractivity contribution in [3.63, 3.8) is 0 Å². The fourth-order valence-corrected chi connectivity index (χ4v) is 6.46. The van der Waals surface area contributed by atoms with E-state index in [0.29, 0.717) is 5.84 Å². The summed E-state index contributed by atoms with van der Waals surface area (Å²) in [6.07, 6.45) is -0.373. The highest BCUT2D eigenvalue weighted by atomic mass is 16.3. The number of para-hydroxylation sites is 1. The van der Waals surface area contributed by atoms with Crippen molar-refractivity contribution in [3.05, 3.63) is 162 Å². The van der Waals surface area contributed by atoms with Crippen LogP contribution in [-0.4, -0.2) is 16.7 Å². The summed E-state index contributed by atoms with van der Waals surface area (Å²) in [6.45, 7) is 0. The number of amidine groups is 2. The second kappa shape index (κ2) is 10.3. The third-order valence-electron chi connectivity index (χ3n) is 8.52. The number of pyridine rings is 1. The molecule has 1 aliphatic rings. The minimum atomic E-state index is -0.373. The Morgan fingerprint density at radius 2 is 1.20 bits per heavy atom. The number of nitrogens with zero attached hydrogens (tertiary/aromatic N) is 3. The van der Waals surface area contributed by atoms with Crippen LogP contribution in [0.3, 0.4) is 0 Å². The van der Waals surface area contributed by atoms with Crippen LogP contribution in [-0.2, 0) is 0 Å². The Balaban J connectivity index is 1.30. The molecular formula is C40H26N4O. The first-order valence-electron chi connectivity index (χ1n) is 15.1. The van der Waals surface area contributed by atoms with Gasteiger partial charge in [-0.15, -0.1) is 0 Å². The van der Waals surface area contributed by atoms with Gasteiger partial charge in [-0.2, -0.15) is 0 Å². The molecule has 5 nitrogen and oxygen atoms in total. The van der Waals surface area contributed by atoms with Crippen molar-refractivity contribution in [2.45, 2.75) is 6.17 Å². The maximum absolute atomic E-state index is 6.78. The van der Waals surface area contributed by atoms with E-state index in [4.69, 9.17) is 19.4 Å². The predicted molar refractivity (Wildman–Crippen MR) is 184 cm³/mol. The van der Waals surface area contributed by atoms with Gasteiger partial charge in [-0.25, -0.2) is 15.0 Å². The summed E-state index contributed by atoms with van der Waals surface area (Å²) in [4.78, 5) is 15.3. The largest absolute Gasteiger partial charge is 0.455 e. The van der Waals surface area contributed by atoms with E-state index in [9.17, 15) is 0 Å². The van der Waals surface area contributed by atoms with Crippen molar-refractivity contribution in [3.8, 4) is 11.3 Å². The quantitative estimate of drug-likeness (QED) is 0.212. The summed E-state index contributed by atoms with van der Waals surface area (Å²) in [5, 5.41) is 8.92. The van der Waals surface area contributed by atoms with Gasteiger partial charge in [-0.1, -0.05) is 127 Å². The predicted octanol–water partition coefficient (Wildman–Crippen LogP) is 9.45. The fourth-order valence-electron chi connectivity index (χ4n) is 6.46. The highest BCUT2D eigenvalue weighted by Gasteiger charge is 2.25. The number of aliphatic imine (C=N–C) groups is 2. The van der Waals surface area contributed by atoms with E-state index in [2.05, 4.69) is 90.2 Å². The highest BCUT2D eigenvalue weighted by molar-refractivity contribution is 6.25. The van der Waals surface area contributed by atoms with Gasteiger partial charge in [0, 0.05) is 49.2 Å². The normalized spacial score (nSPS) is 14.9. The third-order valence-corrected chi connectivity index (χ3v) is 8.52. The molecule has 1 unspecified atom stereocenters. The Kier molecular flexibility index (Phi) is 5.81. The number of benzene rings is 6. The van der Waals surface area contributed by atoms with Gasteiger partial charge in [0.25, 0.3) is 0 Å². The summed E-state index contributed by atoms with van der Waals surface area (Å²) in [5.74, 6) is 1.48. The van der Waals surface area contributed by atoms with E-state index in [1.165, 1.54) is 0 Å². The summed E-state index contributed by atoms with van der Waals surface area (Å²) < 4.78 is 6.78. The number of fused-ring (bicyclic) bond motifs is 7. The molecule has 0 spiro atoms. The molecule has 0 saturated carbocycles. The lowest BCUT2D eigenvalue weighted by Crippen LogP contribution is -2.33. The van der Waals surface area contributed by atoms with E-state index < -0.39 is 0 Å². The number of hydrogen-bond acceptors (Lipinski definition) is 5. The molecule has 6 aromatic carbocycles. The highest BCUT2D eigenvalue weighted by Crippen LogP contribution is 2.42. The van der Waals surface area contributed by atoms with Crippen molar-refractivity contribution in [2.24, 2.45) is 9.98 Å². The SMILES string of the molecule is c1ccc(C2=NC(c3cccc4oc5c(ccc6c(-c7ccccc7)nc7ccccc7c65)c34)NC(c3ccccc3)=N2)cc1. The van der Waals surface area contributed by atoms with Gasteiger partial charge < -0.3 is 9.73 Å². The van der Waals surface area contributed by atoms with Crippen LogP contribution >= 0.6 is 0 Å².